The lowest BCUT2D eigenvalue weighted by Gasteiger charge is -2.11. The Hall–Kier alpha value is -4.56. The lowest BCUT2D eigenvalue weighted by atomic mass is 9.98. The number of aromatic amines is 1. The van der Waals surface area contributed by atoms with E-state index in [-0.39, 0.29) is 18.0 Å². The smallest absolute Gasteiger partial charge is 0.286 e. The third kappa shape index (κ3) is 5.37. The first-order valence-corrected chi connectivity index (χ1v) is 12.4. The molecule has 0 fully saturated rings. The highest BCUT2D eigenvalue weighted by Gasteiger charge is 2.29. The van der Waals surface area contributed by atoms with Crippen LogP contribution < -0.4 is 5.73 Å². The summed E-state index contributed by atoms with van der Waals surface area (Å²) < 4.78 is 85.0. The molecule has 0 radical (unpaired) electrons. The maximum Gasteiger partial charge on any atom is 0.286 e. The van der Waals surface area contributed by atoms with Crippen LogP contribution in [-0.4, -0.2) is 46.3 Å². The summed E-state index contributed by atoms with van der Waals surface area (Å²) in [5, 5.41) is 20.6. The number of nitrogens with zero attached hydrogens (tertiary/aromatic N) is 2. The Balaban J connectivity index is 1.98. The molecular formula is C25H18F4N4O5S. The molecule has 0 aliphatic rings. The topological polar surface area (TPSA) is 159 Å². The van der Waals surface area contributed by atoms with Crippen LogP contribution in [0.15, 0.2) is 63.9 Å². The second kappa shape index (κ2) is 10.3. The van der Waals surface area contributed by atoms with E-state index in [0.717, 1.165) is 13.0 Å². The van der Waals surface area contributed by atoms with Gasteiger partial charge >= 0.3 is 0 Å². The SMILES string of the molecule is C[C@@H](O)C(N)=NS(=O)(=O)c1cc(C(O)=C(C(=O)c2cc(F)c(F)cc2F)c2nc3ccccc3[nH]2)ccc1F. The minimum atomic E-state index is -4.86. The number of benzene rings is 3. The summed E-state index contributed by atoms with van der Waals surface area (Å²) in [6.45, 7) is 1.12. The molecule has 0 bridgehead atoms. The predicted molar refractivity (Wildman–Crippen MR) is 133 cm³/mol. The minimum absolute atomic E-state index is 0.142. The number of Topliss-reactive ketones (excluding diaryl/α,β-unsaturated/α-hetero) is 1. The van der Waals surface area contributed by atoms with Crippen molar-refractivity contribution in [2.24, 2.45) is 10.1 Å². The number of imidazole rings is 1. The fraction of sp³-hybridized carbons (Fsp3) is 0.0800. The van der Waals surface area contributed by atoms with E-state index in [1.165, 1.54) is 0 Å². The Bertz CT molecular complexity index is 1770. The molecule has 0 saturated carbocycles. The first kappa shape index (κ1) is 27.5. The average molecular weight is 563 g/mol. The van der Waals surface area contributed by atoms with Gasteiger partial charge in [-0.1, -0.05) is 12.1 Å². The molecule has 1 heterocycles. The van der Waals surface area contributed by atoms with Crippen LogP contribution in [0.25, 0.3) is 22.4 Å². The molecule has 5 N–H and O–H groups in total. The number of carbonyl (C=O) groups excluding carboxylic acids is 1. The number of nitrogens with two attached hydrogens (primary N) is 1. The molecule has 202 valence electrons. The van der Waals surface area contributed by atoms with Crippen LogP contribution >= 0.6 is 0 Å². The van der Waals surface area contributed by atoms with Crippen LogP contribution in [-0.2, 0) is 10.0 Å². The maximum atomic E-state index is 14.5. The van der Waals surface area contributed by atoms with Crippen molar-refractivity contribution >= 4 is 44.0 Å². The normalized spacial score (nSPS) is 13.8. The molecule has 0 amide bonds. The molecule has 1 aromatic heterocycles. The Morgan fingerprint density at radius 2 is 1.67 bits per heavy atom. The molecule has 4 rings (SSSR count). The first-order valence-electron chi connectivity index (χ1n) is 11.0. The largest absolute Gasteiger partial charge is 0.506 e. The number of aliphatic hydroxyl groups is 2. The highest BCUT2D eigenvalue weighted by molar-refractivity contribution is 7.90. The van der Waals surface area contributed by atoms with Crippen molar-refractivity contribution in [2.45, 2.75) is 17.9 Å². The number of rotatable bonds is 7. The van der Waals surface area contributed by atoms with Gasteiger partial charge in [0.1, 0.15) is 45.6 Å². The molecule has 39 heavy (non-hydrogen) atoms. The summed E-state index contributed by atoms with van der Waals surface area (Å²) in [6.07, 6.45) is -1.48. The van der Waals surface area contributed by atoms with Crippen LogP contribution in [0.4, 0.5) is 17.6 Å². The number of sulfonamides is 1. The fourth-order valence-corrected chi connectivity index (χ4v) is 4.61. The maximum absolute atomic E-state index is 14.5. The number of hydrogen-bond acceptors (Lipinski definition) is 6. The number of fused-ring (bicyclic) bond motifs is 1. The molecule has 3 aromatic carbocycles. The predicted octanol–water partition coefficient (Wildman–Crippen LogP) is 3.86. The van der Waals surface area contributed by atoms with Crippen molar-refractivity contribution in [1.29, 1.82) is 0 Å². The van der Waals surface area contributed by atoms with Gasteiger partial charge in [0.25, 0.3) is 10.0 Å². The van der Waals surface area contributed by atoms with Gasteiger partial charge in [-0.25, -0.2) is 22.5 Å². The van der Waals surface area contributed by atoms with Crippen molar-refractivity contribution < 1.29 is 41.0 Å². The Morgan fingerprint density at radius 3 is 2.33 bits per heavy atom. The molecule has 0 aliphatic heterocycles. The van der Waals surface area contributed by atoms with Gasteiger partial charge in [-0.2, -0.15) is 8.42 Å². The van der Waals surface area contributed by atoms with Gasteiger partial charge < -0.3 is 20.9 Å². The summed E-state index contributed by atoms with van der Waals surface area (Å²) in [5.74, 6) is -9.32. The highest BCUT2D eigenvalue weighted by Crippen LogP contribution is 2.31. The summed E-state index contributed by atoms with van der Waals surface area (Å²) in [7, 11) is -4.86. The number of H-pyrrole nitrogens is 1. The molecule has 0 unspecified atom stereocenters. The van der Waals surface area contributed by atoms with E-state index in [9.17, 15) is 41.0 Å². The third-order valence-corrected chi connectivity index (χ3v) is 6.80. The second-order valence-corrected chi connectivity index (χ2v) is 9.79. The number of ketones is 1. The van der Waals surface area contributed by atoms with Crippen LogP contribution in [0.3, 0.4) is 0 Å². The highest BCUT2D eigenvalue weighted by atomic mass is 32.2. The van der Waals surface area contributed by atoms with Crippen molar-refractivity contribution in [2.75, 3.05) is 0 Å². The van der Waals surface area contributed by atoms with Crippen LogP contribution in [0.1, 0.15) is 28.7 Å². The number of hydrogen-bond donors (Lipinski definition) is 4. The fourth-order valence-electron chi connectivity index (χ4n) is 3.49. The molecular weight excluding hydrogens is 544 g/mol. The van der Waals surface area contributed by atoms with Gasteiger partial charge in [0.05, 0.1) is 16.6 Å². The number of amidine groups is 1. The summed E-state index contributed by atoms with van der Waals surface area (Å²) in [6, 6.07) is 8.95. The number of para-hydroxylation sites is 2. The standard InChI is InChI=1S/C25H18F4N4O5S/c1-11(34)24(30)33-39(37,38)20-8-12(6-7-14(20)26)22(35)21(25-31-18-4-2-3-5-19(18)32-25)23(36)13-9-16(28)17(29)10-15(13)27/h2-11,34-35H,1H3,(H2,30,33)(H,31,32)/t11-/m1/s1. The van der Waals surface area contributed by atoms with Crippen LogP contribution in [0, 0.1) is 23.3 Å². The Kier molecular flexibility index (Phi) is 7.26. The molecule has 14 heteroatoms. The molecule has 0 aliphatic carbocycles. The van der Waals surface area contributed by atoms with E-state index in [1.54, 1.807) is 24.3 Å². The van der Waals surface area contributed by atoms with Crippen LogP contribution in [0.2, 0.25) is 0 Å². The zero-order valence-corrected chi connectivity index (χ0v) is 20.6. The van der Waals surface area contributed by atoms with E-state index >= 15 is 0 Å². The van der Waals surface area contributed by atoms with Gasteiger partial charge in [-0.15, -0.1) is 4.40 Å². The first-order chi connectivity index (χ1) is 18.3. The lowest BCUT2D eigenvalue weighted by molar-refractivity contribution is 0.105. The molecule has 1 atom stereocenters. The zero-order valence-electron chi connectivity index (χ0n) is 19.8. The third-order valence-electron chi connectivity index (χ3n) is 5.48. The number of carbonyl (C=O) groups is 1. The van der Waals surface area contributed by atoms with Crippen molar-refractivity contribution in [3.05, 3.63) is 94.8 Å². The van der Waals surface area contributed by atoms with Gasteiger partial charge in [-0.3, -0.25) is 4.79 Å². The zero-order chi connectivity index (χ0) is 28.6. The molecule has 4 aromatic rings. The number of nitrogens with one attached hydrogen (secondary N) is 1. The van der Waals surface area contributed by atoms with Crippen molar-refractivity contribution in [1.82, 2.24) is 9.97 Å². The van der Waals surface area contributed by atoms with Crippen LogP contribution in [0.5, 0.6) is 0 Å². The van der Waals surface area contributed by atoms with Gasteiger partial charge in [0.2, 0.25) is 5.78 Å². The second-order valence-electron chi connectivity index (χ2n) is 8.21. The van der Waals surface area contributed by atoms with E-state index in [2.05, 4.69) is 14.4 Å². The van der Waals surface area contributed by atoms with E-state index in [1.807, 2.05) is 0 Å². The van der Waals surface area contributed by atoms with Crippen molar-refractivity contribution in [3.63, 3.8) is 0 Å². The number of halogens is 4. The Morgan fingerprint density at radius 1 is 1.00 bits per heavy atom. The van der Waals surface area contributed by atoms with E-state index in [4.69, 9.17) is 5.73 Å². The van der Waals surface area contributed by atoms with E-state index < -0.39 is 78.4 Å². The number of aliphatic hydroxyl groups excluding tert-OH is 2. The van der Waals surface area contributed by atoms with Gasteiger partial charge in [-0.05, 0) is 43.3 Å². The number of allylic oxidation sites excluding steroid dienone is 1. The monoisotopic (exact) mass is 562 g/mol. The molecule has 9 nitrogen and oxygen atoms in total. The van der Waals surface area contributed by atoms with Gasteiger partial charge in [0.15, 0.2) is 11.6 Å². The average Bonchev–Trinajstić information content (AvgIpc) is 3.29. The summed E-state index contributed by atoms with van der Waals surface area (Å²) >= 11 is 0. The van der Waals surface area contributed by atoms with Gasteiger partial charge in [0, 0.05) is 11.6 Å². The summed E-state index contributed by atoms with van der Waals surface area (Å²) in [4.78, 5) is 19.3. The quantitative estimate of drug-likeness (QED) is 0.0506. The number of aromatic nitrogens is 2. The minimum Gasteiger partial charge on any atom is -0.506 e. The summed E-state index contributed by atoms with van der Waals surface area (Å²) in [5.41, 5.74) is 3.86. The van der Waals surface area contributed by atoms with Crippen molar-refractivity contribution in [3.8, 4) is 0 Å². The lowest BCUT2D eigenvalue weighted by Crippen LogP contribution is -2.27. The molecule has 0 spiro atoms. The molecule has 0 saturated heterocycles. The van der Waals surface area contributed by atoms with E-state index in [0.29, 0.717) is 23.2 Å². The Labute approximate surface area is 218 Å².